The van der Waals surface area contributed by atoms with E-state index in [1.54, 1.807) is 0 Å². The van der Waals surface area contributed by atoms with Crippen molar-refractivity contribution in [3.63, 3.8) is 0 Å². The summed E-state index contributed by atoms with van der Waals surface area (Å²) in [5.41, 5.74) is 3.95. The number of imidazole rings is 1. The summed E-state index contributed by atoms with van der Waals surface area (Å²) in [6, 6.07) is 6.20. The van der Waals surface area contributed by atoms with Crippen LogP contribution in [0.4, 0.5) is 0 Å². The van der Waals surface area contributed by atoms with E-state index in [1.165, 1.54) is 84.7 Å². The van der Waals surface area contributed by atoms with E-state index >= 15 is 0 Å². The van der Waals surface area contributed by atoms with Crippen LogP contribution >= 0.6 is 34.2 Å². The lowest BCUT2D eigenvalue weighted by atomic mass is 10.1. The fourth-order valence-corrected chi connectivity index (χ4v) is 4.64. The molecule has 2 rings (SSSR count). The Morgan fingerprint density at radius 3 is 2.10 bits per heavy atom. The van der Waals surface area contributed by atoms with Crippen molar-refractivity contribution >= 4 is 34.2 Å². The first kappa shape index (κ1) is 26.8. The molecule has 0 aliphatic rings. The fraction of sp³-hybridized carbons (Fsp3) is 0.625. The van der Waals surface area contributed by atoms with Gasteiger partial charge in [-0.2, -0.15) is 0 Å². The van der Waals surface area contributed by atoms with E-state index in [9.17, 15) is 0 Å². The number of rotatable bonds is 13. The average Bonchev–Trinajstić information content (AvgIpc) is 2.93. The second-order valence-electron chi connectivity index (χ2n) is 8.07. The number of nitrogens with zero attached hydrogens (tertiary/aromatic N) is 2. The molecular weight excluding hydrogens is 514 g/mol. The Balaban J connectivity index is 0.00000420. The van der Waals surface area contributed by atoms with Gasteiger partial charge in [-0.15, -0.1) is 0 Å². The van der Waals surface area contributed by atoms with Gasteiger partial charge in [0.1, 0.15) is 6.54 Å². The summed E-state index contributed by atoms with van der Waals surface area (Å²) in [6.45, 7) is 8.69. The van der Waals surface area contributed by atoms with E-state index < -0.39 is 0 Å². The molecule has 0 saturated carbocycles. The van der Waals surface area contributed by atoms with Crippen LogP contribution in [0.2, 0.25) is 5.02 Å². The molecule has 1 aromatic heterocycles. The van der Waals surface area contributed by atoms with Gasteiger partial charge in [-0.1, -0.05) is 76.0 Å². The first-order valence-electron chi connectivity index (χ1n) is 11.0. The van der Waals surface area contributed by atoms with Crippen LogP contribution in [-0.2, 0) is 13.1 Å². The van der Waals surface area contributed by atoms with Crippen molar-refractivity contribution in [3.8, 4) is 0 Å². The van der Waals surface area contributed by atoms with Crippen LogP contribution in [0, 0.1) is 17.5 Å². The lowest BCUT2D eigenvalue weighted by Gasteiger charge is -2.04. The minimum absolute atomic E-state index is 0. The standard InChI is InChI=1S/C24H37ClIN2.ClH/c1-4-5-6-7-8-9-10-11-12-13-16-27-19-28(21(3)24(27)26)18-22-14-15-23(25)17-20(22)2;/h14-15,17,19H,4-13,16,18H2,1-3H3;1H/q+1;/p-1. The first-order chi connectivity index (χ1) is 13.5. The predicted molar refractivity (Wildman–Crippen MR) is 129 cm³/mol. The molecule has 0 unspecified atom stereocenters. The van der Waals surface area contributed by atoms with Gasteiger partial charge in [-0.25, -0.2) is 9.13 Å². The van der Waals surface area contributed by atoms with Gasteiger partial charge in [0.05, 0.1) is 6.54 Å². The topological polar surface area (TPSA) is 8.81 Å². The minimum Gasteiger partial charge on any atom is -1.00 e. The quantitative estimate of drug-likeness (QED) is 0.195. The highest BCUT2D eigenvalue weighted by molar-refractivity contribution is 14.1. The summed E-state index contributed by atoms with van der Waals surface area (Å²) < 4.78 is 6.15. The molecule has 5 heteroatoms. The molecule has 0 aliphatic heterocycles. The summed E-state index contributed by atoms with van der Waals surface area (Å²) in [5.74, 6) is 0. The Kier molecular flexibility index (Phi) is 13.6. The van der Waals surface area contributed by atoms with Crippen LogP contribution in [0.1, 0.15) is 88.0 Å². The molecule has 0 bridgehead atoms. The van der Waals surface area contributed by atoms with Gasteiger partial charge in [-0.05, 0) is 43.0 Å². The maximum atomic E-state index is 6.10. The SMILES string of the molecule is CCCCCCCCCCCC[n+]1cn(Cc2ccc(Cl)cc2C)c(C)c1I.[Cl-]. The van der Waals surface area contributed by atoms with Crippen molar-refractivity contribution in [3.05, 3.63) is 50.1 Å². The molecule has 164 valence electrons. The van der Waals surface area contributed by atoms with Gasteiger partial charge < -0.3 is 12.4 Å². The third-order valence-corrected chi connectivity index (χ3v) is 7.29. The lowest BCUT2D eigenvalue weighted by Crippen LogP contribution is -3.00. The molecule has 2 aromatic rings. The molecule has 29 heavy (non-hydrogen) atoms. The highest BCUT2D eigenvalue weighted by atomic mass is 127. The molecule has 0 atom stereocenters. The molecule has 0 amide bonds. The molecule has 0 fully saturated rings. The number of halogens is 3. The third kappa shape index (κ3) is 9.18. The third-order valence-electron chi connectivity index (χ3n) is 5.66. The Morgan fingerprint density at radius 1 is 0.931 bits per heavy atom. The van der Waals surface area contributed by atoms with Crippen LogP contribution in [-0.4, -0.2) is 4.57 Å². The van der Waals surface area contributed by atoms with E-state index in [0.29, 0.717) is 0 Å². The minimum atomic E-state index is 0. The summed E-state index contributed by atoms with van der Waals surface area (Å²) in [6.07, 6.45) is 16.2. The van der Waals surface area contributed by atoms with Gasteiger partial charge in [0.15, 0.2) is 5.69 Å². The predicted octanol–water partition coefficient (Wildman–Crippen LogP) is 4.62. The zero-order chi connectivity index (χ0) is 20.4. The molecule has 2 nitrogen and oxygen atoms in total. The molecule has 1 heterocycles. The van der Waals surface area contributed by atoms with Crippen LogP contribution in [0.15, 0.2) is 24.5 Å². The van der Waals surface area contributed by atoms with E-state index in [0.717, 1.165) is 18.1 Å². The first-order valence-corrected chi connectivity index (χ1v) is 12.5. The number of aryl methyl sites for hydroxylation is 2. The second-order valence-corrected chi connectivity index (χ2v) is 9.52. The van der Waals surface area contributed by atoms with Gasteiger partial charge in [0, 0.05) is 34.5 Å². The van der Waals surface area contributed by atoms with Crippen LogP contribution in [0.25, 0.3) is 0 Å². The maximum Gasteiger partial charge on any atom is 0.245 e. The zero-order valence-electron chi connectivity index (χ0n) is 18.3. The number of benzene rings is 1. The van der Waals surface area contributed by atoms with Gasteiger partial charge in [-0.3, -0.25) is 0 Å². The van der Waals surface area contributed by atoms with Gasteiger partial charge in [0.2, 0.25) is 10.0 Å². The number of hydrogen-bond acceptors (Lipinski definition) is 0. The second kappa shape index (κ2) is 14.7. The summed E-state index contributed by atoms with van der Waals surface area (Å²) in [7, 11) is 0. The Hall–Kier alpha value is -0.260. The largest absolute Gasteiger partial charge is 1.00 e. The Bertz CT molecular complexity index is 728. The van der Waals surface area contributed by atoms with E-state index in [-0.39, 0.29) is 12.4 Å². The summed E-state index contributed by atoms with van der Waals surface area (Å²) in [4.78, 5) is 0. The molecule has 0 N–H and O–H groups in total. The van der Waals surface area contributed by atoms with Crippen molar-refractivity contribution in [2.75, 3.05) is 0 Å². The lowest BCUT2D eigenvalue weighted by molar-refractivity contribution is -0.708. The molecule has 0 aliphatic carbocycles. The number of aromatic nitrogens is 2. The molecular formula is C24H37Cl2IN2. The number of unbranched alkanes of at least 4 members (excludes halogenated alkanes) is 9. The Morgan fingerprint density at radius 2 is 1.52 bits per heavy atom. The van der Waals surface area contributed by atoms with E-state index in [2.05, 4.69) is 71.0 Å². The average molecular weight is 551 g/mol. The van der Waals surface area contributed by atoms with Crippen LogP contribution in [0.3, 0.4) is 0 Å². The van der Waals surface area contributed by atoms with Crippen LogP contribution < -0.4 is 17.0 Å². The van der Waals surface area contributed by atoms with Crippen molar-refractivity contribution in [1.29, 1.82) is 0 Å². The molecule has 0 spiro atoms. The van der Waals surface area contributed by atoms with Crippen molar-refractivity contribution in [1.82, 2.24) is 4.57 Å². The summed E-state index contributed by atoms with van der Waals surface area (Å²) >= 11 is 8.59. The molecule has 0 saturated heterocycles. The van der Waals surface area contributed by atoms with Gasteiger partial charge in [0.25, 0.3) is 0 Å². The van der Waals surface area contributed by atoms with Crippen molar-refractivity contribution < 1.29 is 17.0 Å². The van der Waals surface area contributed by atoms with E-state index in [1.807, 2.05) is 6.07 Å². The maximum absolute atomic E-state index is 6.10. The van der Waals surface area contributed by atoms with Crippen molar-refractivity contribution in [2.45, 2.75) is 98.1 Å². The highest BCUT2D eigenvalue weighted by Gasteiger charge is 2.18. The van der Waals surface area contributed by atoms with Crippen LogP contribution in [0.5, 0.6) is 0 Å². The molecule has 1 aromatic carbocycles. The monoisotopic (exact) mass is 550 g/mol. The summed E-state index contributed by atoms with van der Waals surface area (Å²) in [5, 5.41) is 0.816. The van der Waals surface area contributed by atoms with Crippen molar-refractivity contribution in [2.24, 2.45) is 0 Å². The smallest absolute Gasteiger partial charge is 0.245 e. The highest BCUT2D eigenvalue weighted by Crippen LogP contribution is 2.18. The van der Waals surface area contributed by atoms with Gasteiger partial charge >= 0.3 is 0 Å². The normalized spacial score (nSPS) is 10.9. The van der Waals surface area contributed by atoms with E-state index in [4.69, 9.17) is 11.6 Å². The Labute approximate surface area is 203 Å². The fourth-order valence-electron chi connectivity index (χ4n) is 3.74. The zero-order valence-corrected chi connectivity index (χ0v) is 22.0. The molecule has 0 radical (unpaired) electrons. The number of hydrogen-bond donors (Lipinski definition) is 0.